The molecular formula is C24H49NaO4S. The van der Waals surface area contributed by atoms with Gasteiger partial charge in [0.25, 0.3) is 0 Å². The Kier molecular flexibility index (Phi) is 25.4. The van der Waals surface area contributed by atoms with Gasteiger partial charge in [0.05, 0.1) is 16.2 Å². The molecule has 0 rings (SSSR count). The van der Waals surface area contributed by atoms with E-state index in [2.05, 4.69) is 6.92 Å². The topological polar surface area (TPSA) is 77.4 Å². The maximum absolute atomic E-state index is 11.2. The SMILES string of the molecule is CCCCCCCCCCCCC(O)CCCCCCCC(CCC)S(=O)(=O)[O-].[Na+]. The van der Waals surface area contributed by atoms with Crippen LogP contribution in [-0.2, 0) is 10.1 Å². The van der Waals surface area contributed by atoms with Gasteiger partial charge in [-0.3, -0.25) is 0 Å². The number of rotatable bonds is 22. The first-order valence-corrected chi connectivity index (χ1v) is 14.0. The molecule has 0 spiro atoms. The largest absolute Gasteiger partial charge is 1.00 e. The summed E-state index contributed by atoms with van der Waals surface area (Å²) in [6.45, 7) is 4.17. The van der Waals surface area contributed by atoms with Crippen molar-refractivity contribution in [2.24, 2.45) is 0 Å². The summed E-state index contributed by atoms with van der Waals surface area (Å²) < 4.78 is 33.6. The van der Waals surface area contributed by atoms with Crippen LogP contribution in [0.15, 0.2) is 0 Å². The Morgan fingerprint density at radius 1 is 0.600 bits per heavy atom. The first-order chi connectivity index (χ1) is 13.9. The van der Waals surface area contributed by atoms with Crippen LogP contribution in [0.1, 0.15) is 142 Å². The van der Waals surface area contributed by atoms with Gasteiger partial charge in [-0.15, -0.1) is 0 Å². The van der Waals surface area contributed by atoms with E-state index in [0.717, 1.165) is 57.8 Å². The molecule has 0 aromatic carbocycles. The van der Waals surface area contributed by atoms with Crippen molar-refractivity contribution in [2.45, 2.75) is 154 Å². The minimum Gasteiger partial charge on any atom is -0.748 e. The fraction of sp³-hybridized carbons (Fsp3) is 1.00. The van der Waals surface area contributed by atoms with Crippen LogP contribution in [0.2, 0.25) is 0 Å². The van der Waals surface area contributed by atoms with E-state index in [1.807, 2.05) is 6.92 Å². The van der Waals surface area contributed by atoms with Crippen LogP contribution in [0.25, 0.3) is 0 Å². The van der Waals surface area contributed by atoms with Crippen LogP contribution in [0.4, 0.5) is 0 Å². The fourth-order valence-electron chi connectivity index (χ4n) is 4.05. The Bertz CT molecular complexity index is 442. The Labute approximate surface area is 210 Å². The van der Waals surface area contributed by atoms with Gasteiger partial charge in [-0.25, -0.2) is 8.42 Å². The summed E-state index contributed by atoms with van der Waals surface area (Å²) in [5, 5.41) is 9.40. The van der Waals surface area contributed by atoms with Crippen molar-refractivity contribution in [2.75, 3.05) is 0 Å². The zero-order chi connectivity index (χ0) is 21.8. The molecule has 0 fully saturated rings. The number of aliphatic hydroxyl groups is 1. The van der Waals surface area contributed by atoms with E-state index >= 15 is 0 Å². The smallest absolute Gasteiger partial charge is 0.748 e. The van der Waals surface area contributed by atoms with Gasteiger partial charge >= 0.3 is 29.6 Å². The molecule has 0 bridgehead atoms. The second kappa shape index (κ2) is 23.0. The van der Waals surface area contributed by atoms with Crippen LogP contribution in [0, 0.1) is 0 Å². The van der Waals surface area contributed by atoms with Crippen molar-refractivity contribution in [3.8, 4) is 0 Å². The molecule has 0 saturated heterocycles. The minimum atomic E-state index is -4.14. The molecule has 6 heteroatoms. The predicted molar refractivity (Wildman–Crippen MR) is 123 cm³/mol. The van der Waals surface area contributed by atoms with Gasteiger partial charge < -0.3 is 9.66 Å². The van der Waals surface area contributed by atoms with Crippen LogP contribution in [0.5, 0.6) is 0 Å². The zero-order valence-electron chi connectivity index (χ0n) is 20.4. The monoisotopic (exact) mass is 456 g/mol. The number of unbranched alkanes of at least 4 members (excludes halogenated alkanes) is 13. The first kappa shape index (κ1) is 33.0. The standard InChI is InChI=1S/C24H50O4S.Na/c1-3-5-6-7-8-9-10-11-13-16-20-23(25)21-17-14-12-15-18-22-24(19-4-2)29(26,27)28;/h23-25H,3-22H2,1-2H3,(H,26,27,28);/q;+1/p-1. The van der Waals surface area contributed by atoms with E-state index in [-0.39, 0.29) is 35.7 Å². The summed E-state index contributed by atoms with van der Waals surface area (Å²) in [5.74, 6) is 0. The van der Waals surface area contributed by atoms with E-state index in [1.165, 1.54) is 57.8 Å². The second-order valence-corrected chi connectivity index (χ2v) is 10.5. The van der Waals surface area contributed by atoms with E-state index in [0.29, 0.717) is 12.8 Å². The summed E-state index contributed by atoms with van der Waals surface area (Å²) in [5.41, 5.74) is 0. The third kappa shape index (κ3) is 22.1. The van der Waals surface area contributed by atoms with E-state index < -0.39 is 15.4 Å². The number of hydrogen-bond donors (Lipinski definition) is 1. The Morgan fingerprint density at radius 3 is 1.33 bits per heavy atom. The van der Waals surface area contributed by atoms with Gasteiger partial charge in [0.15, 0.2) is 0 Å². The fourth-order valence-corrected chi connectivity index (χ4v) is 5.03. The average molecular weight is 457 g/mol. The van der Waals surface area contributed by atoms with Crippen LogP contribution < -0.4 is 29.6 Å². The molecular weight excluding hydrogens is 407 g/mol. The summed E-state index contributed by atoms with van der Waals surface area (Å²) in [7, 11) is -4.14. The van der Waals surface area contributed by atoms with Gasteiger partial charge in [-0.2, -0.15) is 0 Å². The van der Waals surface area contributed by atoms with Gasteiger partial charge in [0, 0.05) is 5.25 Å². The molecule has 1 N–H and O–H groups in total. The quantitative estimate of drug-likeness (QED) is 0.151. The van der Waals surface area contributed by atoms with Crippen LogP contribution >= 0.6 is 0 Å². The van der Waals surface area contributed by atoms with Crippen molar-refractivity contribution >= 4 is 10.1 Å². The molecule has 0 aliphatic carbocycles. The molecule has 0 aromatic heterocycles. The molecule has 0 amide bonds. The number of aliphatic hydroxyl groups excluding tert-OH is 1. The number of hydrogen-bond acceptors (Lipinski definition) is 4. The van der Waals surface area contributed by atoms with E-state index in [9.17, 15) is 18.1 Å². The minimum absolute atomic E-state index is 0. The van der Waals surface area contributed by atoms with Crippen molar-refractivity contribution in [1.82, 2.24) is 0 Å². The molecule has 0 heterocycles. The molecule has 2 atom stereocenters. The van der Waals surface area contributed by atoms with Gasteiger partial charge in [0.1, 0.15) is 0 Å². The molecule has 0 saturated carbocycles. The molecule has 30 heavy (non-hydrogen) atoms. The van der Waals surface area contributed by atoms with E-state index in [1.54, 1.807) is 0 Å². The first-order valence-electron chi connectivity index (χ1n) is 12.5. The summed E-state index contributed by atoms with van der Waals surface area (Å²) in [6.07, 6.45) is 21.6. The molecule has 0 aromatic rings. The molecule has 2 unspecified atom stereocenters. The van der Waals surface area contributed by atoms with Gasteiger partial charge in [0.2, 0.25) is 0 Å². The molecule has 0 aliphatic heterocycles. The molecule has 0 aliphatic rings. The summed E-state index contributed by atoms with van der Waals surface area (Å²) in [6, 6.07) is 0. The van der Waals surface area contributed by atoms with Crippen molar-refractivity contribution in [3.63, 3.8) is 0 Å². The van der Waals surface area contributed by atoms with E-state index in [4.69, 9.17) is 0 Å². The summed E-state index contributed by atoms with van der Waals surface area (Å²) in [4.78, 5) is 0. The normalized spacial score (nSPS) is 13.7. The Morgan fingerprint density at radius 2 is 0.967 bits per heavy atom. The molecule has 0 radical (unpaired) electrons. The molecule has 4 nitrogen and oxygen atoms in total. The van der Waals surface area contributed by atoms with Crippen LogP contribution in [-0.4, -0.2) is 29.4 Å². The summed E-state index contributed by atoms with van der Waals surface area (Å²) >= 11 is 0. The maximum atomic E-state index is 11.2. The Hall–Kier alpha value is 0.870. The molecule has 176 valence electrons. The average Bonchev–Trinajstić information content (AvgIpc) is 2.67. The maximum Gasteiger partial charge on any atom is 1.00 e. The van der Waals surface area contributed by atoms with Crippen molar-refractivity contribution in [1.29, 1.82) is 0 Å². The third-order valence-corrected chi connectivity index (χ3v) is 7.26. The van der Waals surface area contributed by atoms with Crippen LogP contribution in [0.3, 0.4) is 0 Å². The zero-order valence-corrected chi connectivity index (χ0v) is 23.2. The third-order valence-electron chi connectivity index (χ3n) is 5.97. The Balaban J connectivity index is 0. The second-order valence-electron chi connectivity index (χ2n) is 8.87. The van der Waals surface area contributed by atoms with Gasteiger partial charge in [-0.1, -0.05) is 117 Å². The van der Waals surface area contributed by atoms with Crippen molar-refractivity contribution in [3.05, 3.63) is 0 Å². The predicted octanol–water partition coefficient (Wildman–Crippen LogP) is 4.11. The van der Waals surface area contributed by atoms with Gasteiger partial charge in [-0.05, 0) is 25.7 Å². The van der Waals surface area contributed by atoms with Crippen molar-refractivity contribution < 1.29 is 47.6 Å².